The van der Waals surface area contributed by atoms with Gasteiger partial charge in [-0.25, -0.2) is 4.68 Å². The van der Waals surface area contributed by atoms with Gasteiger partial charge in [-0.15, -0.1) is 0 Å². The number of hydrogen-bond acceptors (Lipinski definition) is 6. The van der Waals surface area contributed by atoms with Gasteiger partial charge >= 0.3 is 0 Å². The number of para-hydroxylation sites is 1. The van der Waals surface area contributed by atoms with Crippen molar-refractivity contribution in [2.24, 2.45) is 0 Å². The van der Waals surface area contributed by atoms with E-state index in [4.69, 9.17) is 0 Å². The van der Waals surface area contributed by atoms with Crippen LogP contribution in [0.3, 0.4) is 0 Å². The van der Waals surface area contributed by atoms with Crippen molar-refractivity contribution >= 4 is 23.1 Å². The molecule has 0 saturated carbocycles. The average Bonchev–Trinajstić information content (AvgIpc) is 3.30. The van der Waals surface area contributed by atoms with Crippen LogP contribution < -0.4 is 5.32 Å². The largest absolute Gasteiger partial charge is 0.306 e. The summed E-state index contributed by atoms with van der Waals surface area (Å²) in [4.78, 5) is 33.5. The maximum atomic E-state index is 12.8. The number of carbonyl (C=O) groups is 1. The number of aromatic nitrogens is 2. The Labute approximate surface area is 164 Å². The summed E-state index contributed by atoms with van der Waals surface area (Å²) in [6.07, 6.45) is 2.45. The topological polar surface area (TPSA) is 133 Å². The van der Waals surface area contributed by atoms with Crippen molar-refractivity contribution in [1.29, 1.82) is 0 Å². The van der Waals surface area contributed by atoms with Crippen LogP contribution in [0.25, 0.3) is 5.69 Å². The highest BCUT2D eigenvalue weighted by atomic mass is 16.6. The highest BCUT2D eigenvalue weighted by Gasteiger charge is 2.26. The van der Waals surface area contributed by atoms with Crippen LogP contribution in [-0.4, -0.2) is 25.5 Å². The molecule has 1 heterocycles. The summed E-state index contributed by atoms with van der Waals surface area (Å²) in [6, 6.07) is 12.1. The molecule has 0 radical (unpaired) electrons. The molecule has 146 valence electrons. The molecule has 1 aliphatic rings. The van der Waals surface area contributed by atoms with E-state index in [1.54, 1.807) is 4.68 Å². The fourth-order valence-corrected chi connectivity index (χ4v) is 3.39. The molecule has 1 amide bonds. The number of nitro groups is 2. The number of amides is 1. The van der Waals surface area contributed by atoms with Crippen molar-refractivity contribution in [3.63, 3.8) is 0 Å². The highest BCUT2D eigenvalue weighted by molar-refractivity contribution is 6.05. The van der Waals surface area contributed by atoms with Crippen molar-refractivity contribution in [3.05, 3.63) is 85.6 Å². The molecule has 0 spiro atoms. The monoisotopic (exact) mass is 393 g/mol. The van der Waals surface area contributed by atoms with E-state index in [0.29, 0.717) is 5.82 Å². The van der Waals surface area contributed by atoms with Gasteiger partial charge in [-0.3, -0.25) is 25.0 Å². The number of rotatable bonds is 5. The zero-order valence-electron chi connectivity index (χ0n) is 15.1. The minimum absolute atomic E-state index is 0.168. The van der Waals surface area contributed by atoms with Crippen LogP contribution in [0.1, 0.15) is 28.0 Å². The molecule has 1 aliphatic carbocycles. The van der Waals surface area contributed by atoms with Crippen molar-refractivity contribution in [2.45, 2.75) is 19.3 Å². The van der Waals surface area contributed by atoms with Crippen LogP contribution in [-0.2, 0) is 12.8 Å². The van der Waals surface area contributed by atoms with Crippen LogP contribution >= 0.6 is 0 Å². The first-order valence-electron chi connectivity index (χ1n) is 8.85. The standard InChI is InChI=1S/C19H15N5O5/c25-19(12-9-14(23(26)27)11-15(10-12)24(28)29)20-18-16-7-4-8-17(16)21-22(18)13-5-2-1-3-6-13/h1-3,5-6,9-11H,4,7-8H2,(H,20,25). The molecule has 0 bridgehead atoms. The summed E-state index contributed by atoms with van der Waals surface area (Å²) < 4.78 is 1.62. The normalized spacial score (nSPS) is 12.4. The Morgan fingerprint density at radius 3 is 2.28 bits per heavy atom. The number of anilines is 1. The fourth-order valence-electron chi connectivity index (χ4n) is 3.39. The van der Waals surface area contributed by atoms with Gasteiger partial charge in [0.05, 0.1) is 32.9 Å². The Hall–Kier alpha value is -4.08. The van der Waals surface area contributed by atoms with E-state index < -0.39 is 27.1 Å². The maximum absolute atomic E-state index is 12.8. The van der Waals surface area contributed by atoms with Gasteiger partial charge in [-0.1, -0.05) is 18.2 Å². The summed E-state index contributed by atoms with van der Waals surface area (Å²) in [5.41, 5.74) is 1.33. The Kier molecular flexibility index (Phi) is 4.51. The smallest absolute Gasteiger partial charge is 0.277 e. The minimum atomic E-state index is -0.768. The number of nitrogens with zero attached hydrogens (tertiary/aromatic N) is 4. The predicted molar refractivity (Wildman–Crippen MR) is 103 cm³/mol. The number of carbonyl (C=O) groups excluding carboxylic acids is 1. The number of nitro benzene ring substituents is 2. The lowest BCUT2D eigenvalue weighted by Gasteiger charge is -2.11. The molecule has 1 N–H and O–H groups in total. The third kappa shape index (κ3) is 3.43. The van der Waals surface area contributed by atoms with E-state index in [0.717, 1.165) is 54.4 Å². The van der Waals surface area contributed by atoms with E-state index in [9.17, 15) is 25.0 Å². The predicted octanol–water partition coefficient (Wildman–Crippen LogP) is 3.43. The molecular formula is C19H15N5O5. The Balaban J connectivity index is 1.75. The number of fused-ring (bicyclic) bond motifs is 1. The molecule has 0 saturated heterocycles. The summed E-state index contributed by atoms with van der Waals surface area (Å²) in [6.45, 7) is 0. The van der Waals surface area contributed by atoms with E-state index in [1.165, 1.54) is 0 Å². The maximum Gasteiger partial charge on any atom is 0.277 e. The van der Waals surface area contributed by atoms with Gasteiger partial charge in [0, 0.05) is 17.7 Å². The van der Waals surface area contributed by atoms with Crippen LogP contribution in [0, 0.1) is 20.2 Å². The number of non-ortho nitro benzene ring substituents is 2. The molecule has 10 nitrogen and oxygen atoms in total. The van der Waals surface area contributed by atoms with E-state index in [1.807, 2.05) is 30.3 Å². The molecule has 0 atom stereocenters. The molecule has 0 aliphatic heterocycles. The van der Waals surface area contributed by atoms with Crippen LogP contribution in [0.2, 0.25) is 0 Å². The molecular weight excluding hydrogens is 378 g/mol. The van der Waals surface area contributed by atoms with Gasteiger partial charge in [-0.05, 0) is 31.4 Å². The number of benzene rings is 2. The van der Waals surface area contributed by atoms with E-state index in [2.05, 4.69) is 10.4 Å². The SMILES string of the molecule is O=C(Nc1c2c(nn1-c1ccccc1)CCC2)c1cc([N+](=O)[O-])cc([N+](=O)[O-])c1. The molecule has 29 heavy (non-hydrogen) atoms. The Morgan fingerprint density at radius 1 is 1.00 bits per heavy atom. The van der Waals surface area contributed by atoms with Crippen molar-refractivity contribution < 1.29 is 14.6 Å². The second-order valence-corrected chi connectivity index (χ2v) is 6.58. The summed E-state index contributed by atoms with van der Waals surface area (Å²) in [7, 11) is 0. The van der Waals surface area contributed by atoms with Crippen LogP contribution in [0.5, 0.6) is 0 Å². The lowest BCUT2D eigenvalue weighted by Crippen LogP contribution is -2.17. The Morgan fingerprint density at radius 2 is 1.66 bits per heavy atom. The zero-order valence-corrected chi connectivity index (χ0v) is 15.1. The van der Waals surface area contributed by atoms with Gasteiger partial charge in [-0.2, -0.15) is 5.10 Å². The first-order chi connectivity index (χ1) is 13.9. The third-order valence-electron chi connectivity index (χ3n) is 4.73. The molecule has 2 aromatic carbocycles. The van der Waals surface area contributed by atoms with Gasteiger partial charge in [0.1, 0.15) is 5.82 Å². The van der Waals surface area contributed by atoms with E-state index >= 15 is 0 Å². The lowest BCUT2D eigenvalue weighted by molar-refractivity contribution is -0.394. The summed E-state index contributed by atoms with van der Waals surface area (Å²) >= 11 is 0. The van der Waals surface area contributed by atoms with Gasteiger partial charge in [0.15, 0.2) is 0 Å². The molecule has 3 aromatic rings. The van der Waals surface area contributed by atoms with E-state index in [-0.39, 0.29) is 5.56 Å². The van der Waals surface area contributed by atoms with Crippen LogP contribution in [0.4, 0.5) is 17.2 Å². The first-order valence-corrected chi connectivity index (χ1v) is 8.85. The molecule has 10 heteroatoms. The number of nitrogens with one attached hydrogen (secondary N) is 1. The van der Waals surface area contributed by atoms with Crippen LogP contribution in [0.15, 0.2) is 48.5 Å². The summed E-state index contributed by atoms with van der Waals surface area (Å²) in [5, 5.41) is 29.5. The lowest BCUT2D eigenvalue weighted by atomic mass is 10.1. The average molecular weight is 393 g/mol. The highest BCUT2D eigenvalue weighted by Crippen LogP contribution is 2.32. The molecule has 1 aromatic heterocycles. The molecule has 0 fully saturated rings. The number of hydrogen-bond donors (Lipinski definition) is 1. The first kappa shape index (κ1) is 18.3. The van der Waals surface area contributed by atoms with Gasteiger partial charge in [0.2, 0.25) is 0 Å². The zero-order chi connectivity index (χ0) is 20.5. The second-order valence-electron chi connectivity index (χ2n) is 6.58. The second kappa shape index (κ2) is 7.15. The third-order valence-corrected chi connectivity index (χ3v) is 4.73. The molecule has 0 unspecified atom stereocenters. The van der Waals surface area contributed by atoms with Crippen molar-refractivity contribution in [2.75, 3.05) is 5.32 Å². The quantitative estimate of drug-likeness (QED) is 0.521. The minimum Gasteiger partial charge on any atom is -0.306 e. The Bertz CT molecular complexity index is 1110. The summed E-state index contributed by atoms with van der Waals surface area (Å²) in [5.74, 6) is -0.202. The molecule has 4 rings (SSSR count). The number of aryl methyl sites for hydroxylation is 1. The van der Waals surface area contributed by atoms with Gasteiger partial charge in [0.25, 0.3) is 17.3 Å². The van der Waals surface area contributed by atoms with Crippen molar-refractivity contribution in [3.8, 4) is 5.69 Å². The van der Waals surface area contributed by atoms with Gasteiger partial charge < -0.3 is 5.32 Å². The fraction of sp³-hybridized carbons (Fsp3) is 0.158. The van der Waals surface area contributed by atoms with Crippen molar-refractivity contribution in [1.82, 2.24) is 9.78 Å².